The number of pyridine rings is 1. The molecular formula is C43H46F2N10O5. The molecule has 2 saturated heterocycles. The number of ether oxygens (including phenoxy) is 1. The summed E-state index contributed by atoms with van der Waals surface area (Å²) in [5, 5.41) is 10.0. The molecule has 0 spiro atoms. The Kier molecular flexibility index (Phi) is 11.2. The molecule has 2 fully saturated rings. The van der Waals surface area contributed by atoms with Crippen molar-refractivity contribution in [1.82, 2.24) is 34.9 Å². The minimum absolute atomic E-state index is 0.0447. The molecule has 0 saturated carbocycles. The summed E-state index contributed by atoms with van der Waals surface area (Å²) in [4.78, 5) is 65.3. The third kappa shape index (κ3) is 8.11. The normalized spacial score (nSPS) is 17.1. The van der Waals surface area contributed by atoms with E-state index in [1.807, 2.05) is 35.4 Å². The maximum atomic E-state index is 16.6. The molecule has 0 bridgehead atoms. The van der Waals surface area contributed by atoms with E-state index in [9.17, 15) is 19.2 Å². The minimum Gasteiger partial charge on any atom is -0.495 e. The van der Waals surface area contributed by atoms with Gasteiger partial charge in [-0.3, -0.25) is 34.2 Å². The fourth-order valence-electron chi connectivity index (χ4n) is 8.04. The van der Waals surface area contributed by atoms with Crippen molar-refractivity contribution < 1.29 is 32.7 Å². The van der Waals surface area contributed by atoms with Gasteiger partial charge in [0.05, 0.1) is 41.6 Å². The molecule has 312 valence electrons. The van der Waals surface area contributed by atoms with Crippen molar-refractivity contribution in [2.24, 2.45) is 0 Å². The van der Waals surface area contributed by atoms with E-state index in [1.54, 1.807) is 54.3 Å². The van der Waals surface area contributed by atoms with Crippen LogP contribution in [0.1, 0.15) is 41.7 Å². The number of fused-ring (bicyclic) bond motifs is 1. The lowest BCUT2D eigenvalue weighted by molar-refractivity contribution is -0.134. The van der Waals surface area contributed by atoms with Crippen LogP contribution in [0, 0.1) is 11.6 Å². The summed E-state index contributed by atoms with van der Waals surface area (Å²) in [5.41, 5.74) is 4.20. The van der Waals surface area contributed by atoms with Gasteiger partial charge in [0.15, 0.2) is 5.82 Å². The Labute approximate surface area is 345 Å². The predicted molar refractivity (Wildman–Crippen MR) is 223 cm³/mol. The molecule has 0 radical (unpaired) electrons. The molecule has 1 atom stereocenters. The molecule has 3 N–H and O–H groups in total. The smallest absolute Gasteiger partial charge is 0.269 e. The zero-order valence-electron chi connectivity index (χ0n) is 33.6. The van der Waals surface area contributed by atoms with E-state index >= 15 is 8.78 Å². The first-order valence-electron chi connectivity index (χ1n) is 19.9. The van der Waals surface area contributed by atoms with Gasteiger partial charge in [0, 0.05) is 114 Å². The minimum atomic E-state index is -0.685. The highest BCUT2D eigenvalue weighted by atomic mass is 19.1. The van der Waals surface area contributed by atoms with Crippen molar-refractivity contribution in [2.75, 3.05) is 75.6 Å². The van der Waals surface area contributed by atoms with E-state index in [1.165, 1.54) is 18.1 Å². The highest BCUT2D eigenvalue weighted by Crippen LogP contribution is 2.38. The van der Waals surface area contributed by atoms with E-state index < -0.39 is 23.6 Å². The number of halogens is 2. The number of piperazine rings is 1. The van der Waals surface area contributed by atoms with E-state index in [4.69, 9.17) is 9.72 Å². The molecule has 0 aliphatic carbocycles. The van der Waals surface area contributed by atoms with Gasteiger partial charge in [0.2, 0.25) is 17.7 Å². The summed E-state index contributed by atoms with van der Waals surface area (Å²) in [6, 6.07) is 11.3. The Bertz CT molecular complexity index is 2480. The third-order valence-electron chi connectivity index (χ3n) is 11.3. The number of nitrogens with zero attached hydrogens (tertiary/aromatic N) is 7. The number of carbonyl (C=O) groups is 4. The molecule has 60 heavy (non-hydrogen) atoms. The molecule has 3 aliphatic rings. The number of aryl methyl sites for hydroxylation is 1. The fourth-order valence-corrected chi connectivity index (χ4v) is 8.04. The monoisotopic (exact) mass is 820 g/mol. The number of anilines is 3. The number of aromatic amines is 1. The zero-order valence-corrected chi connectivity index (χ0v) is 33.6. The highest BCUT2D eigenvalue weighted by Gasteiger charge is 2.29. The van der Waals surface area contributed by atoms with E-state index in [0.717, 1.165) is 5.69 Å². The summed E-state index contributed by atoms with van der Waals surface area (Å²) in [5.74, 6) is -1.74. The second-order valence-electron chi connectivity index (χ2n) is 15.3. The van der Waals surface area contributed by atoms with Crippen LogP contribution in [0.5, 0.6) is 5.75 Å². The van der Waals surface area contributed by atoms with Gasteiger partial charge in [0.25, 0.3) is 5.91 Å². The molecule has 8 rings (SSSR count). The molecular weight excluding hydrogens is 775 g/mol. The molecule has 1 unspecified atom stereocenters. The molecule has 15 nitrogen and oxygen atoms in total. The van der Waals surface area contributed by atoms with Gasteiger partial charge in [-0.05, 0) is 48.7 Å². The van der Waals surface area contributed by atoms with Gasteiger partial charge >= 0.3 is 0 Å². The van der Waals surface area contributed by atoms with Gasteiger partial charge < -0.3 is 34.6 Å². The van der Waals surface area contributed by atoms with Gasteiger partial charge in [-0.15, -0.1) is 0 Å². The van der Waals surface area contributed by atoms with Crippen LogP contribution >= 0.6 is 0 Å². The zero-order chi connectivity index (χ0) is 42.1. The second-order valence-corrected chi connectivity index (χ2v) is 15.3. The quantitative estimate of drug-likeness (QED) is 0.160. The first-order chi connectivity index (χ1) is 29.0. The average Bonchev–Trinajstić information content (AvgIpc) is 3.96. The van der Waals surface area contributed by atoms with Crippen LogP contribution in [0.3, 0.4) is 0 Å². The van der Waals surface area contributed by atoms with Crippen molar-refractivity contribution in [2.45, 2.75) is 38.3 Å². The van der Waals surface area contributed by atoms with Crippen molar-refractivity contribution >= 4 is 57.2 Å². The topological polar surface area (TPSA) is 161 Å². The van der Waals surface area contributed by atoms with Crippen molar-refractivity contribution in [3.05, 3.63) is 90.0 Å². The number of aromatic nitrogens is 4. The largest absolute Gasteiger partial charge is 0.495 e. The standard InChI is InChI=1S/C43H46F2N10O5/c1-51(2)43(59)35-21-30-29(20-28(40(45)41(30)49-35)26-6-4-13-54(25-26)39(57)11-15-55-14-5-12-47-55)32-8-7-27(24-46-32)52-16-18-53(19-17-52)36-23-37(60-3)34(22-31(36)44)48-33-9-10-38(56)50-42(33)58/h5-8,12,14,20-24,33,48-49H,4,9-11,13,15-19,25H2,1-3H3,(H,50,56,58). The van der Waals surface area contributed by atoms with Crippen molar-refractivity contribution in [1.29, 1.82) is 0 Å². The Hall–Kier alpha value is -6.78. The molecule has 5 aromatic rings. The maximum Gasteiger partial charge on any atom is 0.269 e. The van der Waals surface area contributed by atoms with Crippen LogP contribution in [-0.2, 0) is 20.9 Å². The number of hydrogen-bond donors (Lipinski definition) is 3. The Balaban J connectivity index is 1.00. The lowest BCUT2D eigenvalue weighted by Gasteiger charge is -2.37. The second kappa shape index (κ2) is 16.8. The number of piperidine rings is 1. The SMILES string of the molecule is COc1cc(N2CCN(c3ccc(-c4cc(C5=CCCN(C(=O)CCn6cccn6)C5)c(F)c5[nH]c(C(=O)N(C)C)cc45)nc3)CC2)c(F)cc1NC1CCC(=O)NC1=O. The van der Waals surface area contributed by atoms with Crippen LogP contribution in [0.4, 0.5) is 25.8 Å². The van der Waals surface area contributed by atoms with Crippen LogP contribution in [-0.4, -0.2) is 120 Å². The Morgan fingerprint density at radius 1 is 1.02 bits per heavy atom. The van der Waals surface area contributed by atoms with Gasteiger partial charge in [-0.2, -0.15) is 5.10 Å². The fraction of sp³-hybridized carbons (Fsp3) is 0.349. The lowest BCUT2D eigenvalue weighted by atomic mass is 9.94. The average molecular weight is 821 g/mol. The number of carbonyl (C=O) groups excluding carboxylic acids is 4. The summed E-state index contributed by atoms with van der Waals surface area (Å²) >= 11 is 0. The van der Waals surface area contributed by atoms with Crippen LogP contribution in [0.15, 0.2) is 67.1 Å². The van der Waals surface area contributed by atoms with Crippen molar-refractivity contribution in [3.63, 3.8) is 0 Å². The van der Waals surface area contributed by atoms with Crippen LogP contribution in [0.25, 0.3) is 27.7 Å². The van der Waals surface area contributed by atoms with Gasteiger partial charge in [-0.1, -0.05) is 6.08 Å². The number of nitrogens with one attached hydrogen (secondary N) is 3. The summed E-state index contributed by atoms with van der Waals surface area (Å²) < 4.78 is 39.4. The first-order valence-corrected chi connectivity index (χ1v) is 19.9. The number of methoxy groups -OCH3 is 1. The number of imide groups is 1. The summed E-state index contributed by atoms with van der Waals surface area (Å²) in [6.45, 7) is 3.37. The van der Waals surface area contributed by atoms with Crippen LogP contribution < -0.4 is 25.2 Å². The highest BCUT2D eigenvalue weighted by molar-refractivity contribution is 6.04. The molecule has 4 amide bonds. The predicted octanol–water partition coefficient (Wildman–Crippen LogP) is 4.66. The van der Waals surface area contributed by atoms with E-state index in [2.05, 4.69) is 25.6 Å². The van der Waals surface area contributed by atoms with E-state index in [0.29, 0.717) is 97.0 Å². The number of amides is 4. The Morgan fingerprint density at radius 2 is 1.82 bits per heavy atom. The molecule has 2 aromatic carbocycles. The van der Waals surface area contributed by atoms with E-state index in [-0.39, 0.29) is 48.3 Å². The number of rotatable bonds is 11. The third-order valence-corrected chi connectivity index (χ3v) is 11.3. The number of benzene rings is 2. The van der Waals surface area contributed by atoms with Gasteiger partial charge in [0.1, 0.15) is 23.3 Å². The summed E-state index contributed by atoms with van der Waals surface area (Å²) in [6.07, 6.45) is 8.52. The molecule has 17 heteroatoms. The van der Waals surface area contributed by atoms with Crippen LogP contribution in [0.2, 0.25) is 0 Å². The lowest BCUT2D eigenvalue weighted by Crippen LogP contribution is -2.47. The maximum absolute atomic E-state index is 16.6. The van der Waals surface area contributed by atoms with Gasteiger partial charge in [-0.25, -0.2) is 8.78 Å². The molecule has 3 aromatic heterocycles. The summed E-state index contributed by atoms with van der Waals surface area (Å²) in [7, 11) is 4.75. The Morgan fingerprint density at radius 3 is 2.52 bits per heavy atom. The van der Waals surface area contributed by atoms with Crippen molar-refractivity contribution in [3.8, 4) is 17.0 Å². The first kappa shape index (κ1) is 40.0. The molecule has 6 heterocycles. The number of H-pyrrole nitrogens is 1. The number of hydrogen-bond acceptors (Lipinski definition) is 10. The molecule has 3 aliphatic heterocycles.